The predicted molar refractivity (Wildman–Crippen MR) is 273 cm³/mol. The van der Waals surface area contributed by atoms with E-state index in [0.717, 1.165) is 22.4 Å². The van der Waals surface area contributed by atoms with Crippen LogP contribution in [-0.2, 0) is 57.6 Å². The van der Waals surface area contributed by atoms with Crippen LogP contribution in [-0.4, -0.2) is 115 Å². The topological polar surface area (TPSA) is 194 Å². The molecule has 16 nitrogen and oxygen atoms in total. The van der Waals surface area contributed by atoms with E-state index in [0.29, 0.717) is 81.1 Å². The van der Waals surface area contributed by atoms with Crippen molar-refractivity contribution in [3.8, 4) is 11.5 Å². The summed E-state index contributed by atoms with van der Waals surface area (Å²) in [4.78, 5) is 84.1. The van der Waals surface area contributed by atoms with Crippen molar-refractivity contribution >= 4 is 35.1 Å². The van der Waals surface area contributed by atoms with Crippen molar-refractivity contribution in [1.82, 2.24) is 26.6 Å². The van der Waals surface area contributed by atoms with Gasteiger partial charge in [0.15, 0.2) is 28.8 Å². The summed E-state index contributed by atoms with van der Waals surface area (Å²) < 4.78 is 23.5. The summed E-state index contributed by atoms with van der Waals surface area (Å²) in [5.74, 6) is -2.51. The van der Waals surface area contributed by atoms with Crippen molar-refractivity contribution in [3.05, 3.63) is 107 Å². The first-order chi connectivity index (χ1) is 34.4. The second kappa shape index (κ2) is 26.1. The Balaban J connectivity index is 1.21. The average molecular weight is 994 g/mol. The van der Waals surface area contributed by atoms with Gasteiger partial charge in [0.2, 0.25) is 11.8 Å². The fourth-order valence-corrected chi connectivity index (χ4v) is 9.43. The van der Waals surface area contributed by atoms with Crippen LogP contribution in [0.5, 0.6) is 11.5 Å². The van der Waals surface area contributed by atoms with E-state index in [2.05, 4.69) is 21.6 Å². The standard InChI is InChI=1S/C56H76N6O10/c1-8-52(65)72-50-22-20-42(30-51(50)70-36-45-33-61(7)60-59-45)34-62(23-25-69-26-24-62)35-46(63)31-43(21-19-40-15-11-9-12-16-40)54(67)57-47(27-38(2)3)49(64)32-44(29-41-17-13-10-14-18-41)55(68)58-48(28-39(4)5)53(66)56(6)37-71-56/h9-18,20,22,30,33,38-39,43-44,47-48,59-60H,8,19,21,23-29,31-32,34-37H2,1-7H3,(H-,57,58,67,68)/p+1/t43-,44-,47+,48+,56-/m1/s1. The molecule has 0 spiro atoms. The van der Waals surface area contributed by atoms with Gasteiger partial charge in [-0.25, -0.2) is 0 Å². The number of morpholine rings is 1. The molecule has 3 heterocycles. The SMILES string of the molecule is CCC(=O)Oc1ccc(C[N+]2(CC(=O)C[C@@H](CCc3ccccc3)C(=O)N[C@@H](CC(C)C)C(=O)C[C@@H](Cc3ccccc3)C(=O)N[C@@H](CC(C)C)C(=O)[C@@]3(C)CO3)CCOCC2)cc1OCC1=CN(C)NN1. The number of hydrogen-bond donors (Lipinski definition) is 4. The molecule has 0 unspecified atom stereocenters. The number of amides is 2. The largest absolute Gasteiger partial charge is 0.483 e. The minimum Gasteiger partial charge on any atom is -0.483 e. The maximum Gasteiger partial charge on any atom is 0.311 e. The number of epoxide rings is 1. The normalized spacial score (nSPS) is 18.8. The number of carbonyl (C=O) groups excluding carboxylic acids is 6. The summed E-state index contributed by atoms with van der Waals surface area (Å²) in [6.07, 6.45) is 3.76. The lowest BCUT2D eigenvalue weighted by molar-refractivity contribution is -0.940. The number of carbonyl (C=O) groups is 6. The third-order valence-corrected chi connectivity index (χ3v) is 13.6. The lowest BCUT2D eigenvalue weighted by Gasteiger charge is -2.41. The molecule has 6 rings (SSSR count). The number of hydrogen-bond acceptors (Lipinski definition) is 13. The van der Waals surface area contributed by atoms with E-state index in [1.807, 2.05) is 114 Å². The fraction of sp³-hybridized carbons (Fsp3) is 0.536. The van der Waals surface area contributed by atoms with Gasteiger partial charge in [-0.1, -0.05) is 95.3 Å². The van der Waals surface area contributed by atoms with Crippen LogP contribution < -0.4 is 31.1 Å². The predicted octanol–water partition coefficient (Wildman–Crippen LogP) is 5.97. The average Bonchev–Trinajstić information content (AvgIpc) is 3.97. The molecule has 72 heavy (non-hydrogen) atoms. The highest BCUT2D eigenvalue weighted by atomic mass is 16.6. The summed E-state index contributed by atoms with van der Waals surface area (Å²) in [5.41, 5.74) is 8.59. The van der Waals surface area contributed by atoms with Gasteiger partial charge in [-0.05, 0) is 80.2 Å². The Morgan fingerprint density at radius 2 is 1.42 bits per heavy atom. The summed E-state index contributed by atoms with van der Waals surface area (Å²) in [6, 6.07) is 23.0. The third kappa shape index (κ3) is 16.8. The van der Waals surface area contributed by atoms with E-state index < -0.39 is 41.4 Å². The molecular weight excluding hydrogens is 917 g/mol. The molecule has 2 fully saturated rings. The van der Waals surface area contributed by atoms with Crippen LogP contribution >= 0.6 is 0 Å². The zero-order valence-electron chi connectivity index (χ0n) is 43.3. The second-order valence-electron chi connectivity index (χ2n) is 20.9. The van der Waals surface area contributed by atoms with Gasteiger partial charge in [0.05, 0.1) is 37.6 Å². The minimum absolute atomic E-state index is 0.0110. The zero-order chi connectivity index (χ0) is 51.8. The molecule has 16 heteroatoms. The summed E-state index contributed by atoms with van der Waals surface area (Å²) in [7, 11) is 1.85. The van der Waals surface area contributed by atoms with Gasteiger partial charge in [-0.3, -0.25) is 33.8 Å². The van der Waals surface area contributed by atoms with E-state index in [9.17, 15) is 28.8 Å². The number of esters is 1. The molecule has 0 aromatic heterocycles. The van der Waals surface area contributed by atoms with Crippen LogP contribution in [0, 0.1) is 23.7 Å². The molecule has 3 aromatic carbocycles. The van der Waals surface area contributed by atoms with Crippen LogP contribution in [0.2, 0.25) is 0 Å². The van der Waals surface area contributed by atoms with Crippen molar-refractivity contribution in [2.24, 2.45) is 23.7 Å². The van der Waals surface area contributed by atoms with Gasteiger partial charge in [0.25, 0.3) is 0 Å². The van der Waals surface area contributed by atoms with Crippen LogP contribution in [0.1, 0.15) is 96.8 Å². The smallest absolute Gasteiger partial charge is 0.311 e. The highest BCUT2D eigenvalue weighted by molar-refractivity contribution is 5.98. The first-order valence-corrected chi connectivity index (χ1v) is 25.7. The number of quaternary nitrogens is 1. The van der Waals surface area contributed by atoms with Gasteiger partial charge in [0.1, 0.15) is 38.4 Å². The molecule has 0 saturated carbocycles. The summed E-state index contributed by atoms with van der Waals surface area (Å²) in [6.45, 7) is 14.5. The molecule has 2 saturated heterocycles. The van der Waals surface area contributed by atoms with Gasteiger partial charge in [0, 0.05) is 49.9 Å². The number of nitrogens with one attached hydrogen (secondary N) is 4. The Hall–Kier alpha value is -5.94. The number of Topliss-reactive ketones (excluding diaryl/α,β-unsaturated/α-hetero) is 3. The number of hydrazine groups is 2. The summed E-state index contributed by atoms with van der Waals surface area (Å²) >= 11 is 0. The number of benzene rings is 3. The molecule has 0 radical (unpaired) electrons. The van der Waals surface area contributed by atoms with Crippen molar-refractivity contribution in [3.63, 3.8) is 0 Å². The van der Waals surface area contributed by atoms with E-state index >= 15 is 0 Å². The number of ether oxygens (including phenoxy) is 4. The van der Waals surface area contributed by atoms with Crippen molar-refractivity contribution in [1.29, 1.82) is 0 Å². The number of rotatable bonds is 29. The van der Waals surface area contributed by atoms with Crippen LogP contribution in [0.25, 0.3) is 0 Å². The Kier molecular flexibility index (Phi) is 20.1. The van der Waals surface area contributed by atoms with Gasteiger partial charge < -0.3 is 39.5 Å². The summed E-state index contributed by atoms with van der Waals surface area (Å²) in [5, 5.41) is 7.86. The maximum atomic E-state index is 14.7. The molecule has 3 aromatic rings. The van der Waals surface area contributed by atoms with E-state index in [4.69, 9.17) is 18.9 Å². The van der Waals surface area contributed by atoms with E-state index in [1.165, 1.54) is 0 Å². The quantitative estimate of drug-likeness (QED) is 0.0276. The Morgan fingerprint density at radius 3 is 2.03 bits per heavy atom. The van der Waals surface area contributed by atoms with Crippen molar-refractivity contribution in [2.75, 3.05) is 53.1 Å². The van der Waals surface area contributed by atoms with Crippen LogP contribution in [0.4, 0.5) is 0 Å². The molecule has 5 atom stereocenters. The Bertz CT molecular complexity index is 2350. The highest BCUT2D eigenvalue weighted by Crippen LogP contribution is 2.33. The molecule has 3 aliphatic heterocycles. The van der Waals surface area contributed by atoms with Crippen LogP contribution in [0.15, 0.2) is 90.8 Å². The molecule has 0 bridgehead atoms. The fourth-order valence-electron chi connectivity index (χ4n) is 9.43. The Morgan fingerprint density at radius 1 is 0.792 bits per heavy atom. The third-order valence-electron chi connectivity index (χ3n) is 13.6. The van der Waals surface area contributed by atoms with Crippen LogP contribution in [0.3, 0.4) is 0 Å². The van der Waals surface area contributed by atoms with Gasteiger partial charge in [-0.2, -0.15) is 0 Å². The van der Waals surface area contributed by atoms with Gasteiger partial charge >= 0.3 is 5.97 Å². The monoisotopic (exact) mass is 994 g/mol. The lowest BCUT2D eigenvalue weighted by atomic mass is 9.87. The minimum atomic E-state index is -0.937. The molecule has 2 amide bonds. The van der Waals surface area contributed by atoms with E-state index in [-0.39, 0.29) is 73.9 Å². The maximum absolute atomic E-state index is 14.7. The second-order valence-corrected chi connectivity index (χ2v) is 20.9. The highest BCUT2D eigenvalue weighted by Gasteiger charge is 2.50. The van der Waals surface area contributed by atoms with E-state index in [1.54, 1.807) is 24.9 Å². The first-order valence-electron chi connectivity index (χ1n) is 25.7. The lowest BCUT2D eigenvalue weighted by Crippen LogP contribution is -2.57. The number of nitrogens with zero attached hydrogens (tertiary/aromatic N) is 2. The first kappa shape index (κ1) is 55.4. The number of ketones is 3. The Labute approximate surface area is 425 Å². The molecular formula is C56H77N6O10+. The van der Waals surface area contributed by atoms with Gasteiger partial charge in [-0.15, -0.1) is 5.53 Å². The van der Waals surface area contributed by atoms with Crippen molar-refractivity contribution in [2.45, 2.75) is 117 Å². The molecule has 390 valence electrons. The molecule has 3 aliphatic rings. The molecule has 0 aliphatic carbocycles. The van der Waals surface area contributed by atoms with Crippen molar-refractivity contribution < 1.29 is 52.2 Å². The number of aryl methyl sites for hydroxylation is 1. The molecule has 4 N–H and O–H groups in total. The zero-order valence-corrected chi connectivity index (χ0v) is 43.3.